The minimum Gasteiger partial charge on any atom is -0.351 e. The van der Waals surface area contributed by atoms with Gasteiger partial charge in [-0.1, -0.05) is 0 Å². The summed E-state index contributed by atoms with van der Waals surface area (Å²) >= 11 is 3.71. The molecule has 0 spiro atoms. The molecule has 1 N–H and O–H groups in total. The number of hydrogen-bond donors (Lipinski definition) is 1. The summed E-state index contributed by atoms with van der Waals surface area (Å²) < 4.78 is 1.16. The highest BCUT2D eigenvalue weighted by atomic mass is 79.9. The quantitative estimate of drug-likeness (QED) is 0.921. The van der Waals surface area contributed by atoms with Crippen LogP contribution in [0, 0.1) is 6.92 Å². The van der Waals surface area contributed by atoms with E-state index in [9.17, 15) is 0 Å². The first-order valence-electron chi connectivity index (χ1n) is 7.37. The predicted octanol–water partition coefficient (Wildman–Crippen LogP) is 3.26. The predicted molar refractivity (Wildman–Crippen MR) is 82.7 cm³/mol. The average Bonchev–Trinajstić information content (AvgIpc) is 3.24. The normalized spacial score (nSPS) is 23.7. The summed E-state index contributed by atoms with van der Waals surface area (Å²) in [4.78, 5) is 7.10. The Hall–Kier alpha value is -0.610. The SMILES string of the molecule is Cc1ccnc(N2CCCCC2CNC2CC2)c1Br. The summed E-state index contributed by atoms with van der Waals surface area (Å²) in [6, 6.07) is 3.45. The van der Waals surface area contributed by atoms with Gasteiger partial charge < -0.3 is 10.2 Å². The Morgan fingerprint density at radius 3 is 3.00 bits per heavy atom. The summed E-state index contributed by atoms with van der Waals surface area (Å²) in [7, 11) is 0. The Morgan fingerprint density at radius 2 is 2.21 bits per heavy atom. The molecule has 0 amide bonds. The molecule has 104 valence electrons. The molecule has 0 aromatic carbocycles. The van der Waals surface area contributed by atoms with Gasteiger partial charge in [-0.05, 0) is 66.6 Å². The van der Waals surface area contributed by atoms with Gasteiger partial charge in [0, 0.05) is 31.4 Å². The van der Waals surface area contributed by atoms with E-state index < -0.39 is 0 Å². The summed E-state index contributed by atoms with van der Waals surface area (Å²) in [5.74, 6) is 1.13. The zero-order valence-corrected chi connectivity index (χ0v) is 13.1. The van der Waals surface area contributed by atoms with Crippen LogP contribution in [0.4, 0.5) is 5.82 Å². The van der Waals surface area contributed by atoms with Gasteiger partial charge in [-0.15, -0.1) is 0 Å². The van der Waals surface area contributed by atoms with Crippen LogP contribution in [0.25, 0.3) is 0 Å². The van der Waals surface area contributed by atoms with Gasteiger partial charge in [0.2, 0.25) is 0 Å². The molecule has 1 saturated carbocycles. The van der Waals surface area contributed by atoms with E-state index in [-0.39, 0.29) is 0 Å². The number of halogens is 1. The second-order valence-electron chi connectivity index (χ2n) is 5.79. The Bertz CT molecular complexity index is 445. The Kier molecular flexibility index (Phi) is 4.08. The van der Waals surface area contributed by atoms with Crippen molar-refractivity contribution in [2.45, 2.75) is 51.1 Å². The maximum Gasteiger partial charge on any atom is 0.143 e. The van der Waals surface area contributed by atoms with Gasteiger partial charge in [-0.3, -0.25) is 0 Å². The van der Waals surface area contributed by atoms with Crippen molar-refractivity contribution in [3.05, 3.63) is 22.3 Å². The van der Waals surface area contributed by atoms with Crippen LogP contribution in [0.15, 0.2) is 16.7 Å². The van der Waals surface area contributed by atoms with Crippen molar-refractivity contribution in [3.63, 3.8) is 0 Å². The molecule has 3 nitrogen and oxygen atoms in total. The minimum atomic E-state index is 0.597. The number of nitrogens with one attached hydrogen (secondary N) is 1. The number of aryl methyl sites for hydroxylation is 1. The number of pyridine rings is 1. The van der Waals surface area contributed by atoms with Gasteiger partial charge in [-0.25, -0.2) is 4.98 Å². The number of anilines is 1. The topological polar surface area (TPSA) is 28.2 Å². The van der Waals surface area contributed by atoms with Crippen LogP contribution in [0.2, 0.25) is 0 Å². The monoisotopic (exact) mass is 323 g/mol. The zero-order valence-electron chi connectivity index (χ0n) is 11.5. The number of nitrogens with zero attached hydrogens (tertiary/aromatic N) is 2. The lowest BCUT2D eigenvalue weighted by molar-refractivity contribution is 0.431. The molecule has 1 atom stereocenters. The summed E-state index contributed by atoms with van der Waals surface area (Å²) in [5, 5.41) is 3.68. The third kappa shape index (κ3) is 3.11. The first-order chi connectivity index (χ1) is 9.25. The van der Waals surface area contributed by atoms with Gasteiger partial charge in [0.15, 0.2) is 0 Å². The van der Waals surface area contributed by atoms with Crippen molar-refractivity contribution < 1.29 is 0 Å². The lowest BCUT2D eigenvalue weighted by Crippen LogP contribution is -2.46. The first-order valence-corrected chi connectivity index (χ1v) is 8.16. The van der Waals surface area contributed by atoms with Crippen LogP contribution < -0.4 is 10.2 Å². The molecule has 1 aromatic rings. The van der Waals surface area contributed by atoms with Crippen molar-refractivity contribution in [2.75, 3.05) is 18.0 Å². The molecule has 1 aromatic heterocycles. The molecule has 19 heavy (non-hydrogen) atoms. The molecule has 2 aliphatic rings. The van der Waals surface area contributed by atoms with Crippen LogP contribution in [-0.2, 0) is 0 Å². The number of piperidine rings is 1. The van der Waals surface area contributed by atoms with Crippen molar-refractivity contribution in [2.24, 2.45) is 0 Å². The molecular weight excluding hydrogens is 302 g/mol. The molecule has 1 aliphatic heterocycles. The summed E-state index contributed by atoms with van der Waals surface area (Å²) in [5.41, 5.74) is 1.27. The fourth-order valence-corrected chi connectivity index (χ4v) is 3.27. The van der Waals surface area contributed by atoms with Crippen molar-refractivity contribution in [3.8, 4) is 0 Å². The minimum absolute atomic E-state index is 0.597. The third-order valence-corrected chi connectivity index (χ3v) is 5.16. The standard InChI is InChI=1S/C15H22BrN3/c1-11-7-8-17-15(14(11)16)19-9-3-2-4-13(19)10-18-12-5-6-12/h7-8,12-13,18H,2-6,9-10H2,1H3. The Balaban J connectivity index is 1.76. The smallest absolute Gasteiger partial charge is 0.143 e. The molecule has 0 bridgehead atoms. The average molecular weight is 324 g/mol. The summed E-state index contributed by atoms with van der Waals surface area (Å²) in [6.07, 6.45) is 8.55. The van der Waals surface area contributed by atoms with E-state index in [0.717, 1.165) is 29.4 Å². The number of hydrogen-bond acceptors (Lipinski definition) is 3. The van der Waals surface area contributed by atoms with Gasteiger partial charge in [0.1, 0.15) is 5.82 Å². The number of aromatic nitrogens is 1. The lowest BCUT2D eigenvalue weighted by Gasteiger charge is -2.37. The van der Waals surface area contributed by atoms with E-state index >= 15 is 0 Å². The molecule has 2 heterocycles. The van der Waals surface area contributed by atoms with E-state index in [1.807, 2.05) is 6.20 Å². The van der Waals surface area contributed by atoms with E-state index in [0.29, 0.717) is 6.04 Å². The van der Waals surface area contributed by atoms with Crippen LogP contribution in [0.1, 0.15) is 37.7 Å². The second kappa shape index (κ2) is 5.80. The molecule has 2 fully saturated rings. The van der Waals surface area contributed by atoms with Crippen LogP contribution in [0.5, 0.6) is 0 Å². The van der Waals surface area contributed by atoms with Crippen molar-refractivity contribution >= 4 is 21.7 Å². The summed E-state index contributed by atoms with van der Waals surface area (Å²) in [6.45, 7) is 4.37. The molecule has 1 unspecified atom stereocenters. The Morgan fingerprint density at radius 1 is 1.37 bits per heavy atom. The molecule has 1 saturated heterocycles. The highest BCUT2D eigenvalue weighted by molar-refractivity contribution is 9.10. The van der Waals surface area contributed by atoms with E-state index in [4.69, 9.17) is 0 Å². The second-order valence-corrected chi connectivity index (χ2v) is 6.58. The lowest BCUT2D eigenvalue weighted by atomic mass is 10.0. The molecule has 3 rings (SSSR count). The highest BCUT2D eigenvalue weighted by Gasteiger charge is 2.28. The van der Waals surface area contributed by atoms with Gasteiger partial charge in [0.25, 0.3) is 0 Å². The molecule has 1 aliphatic carbocycles. The number of rotatable bonds is 4. The first kappa shape index (κ1) is 13.4. The van der Waals surface area contributed by atoms with Crippen LogP contribution in [-0.4, -0.2) is 30.2 Å². The van der Waals surface area contributed by atoms with Gasteiger partial charge in [0.05, 0.1) is 4.47 Å². The van der Waals surface area contributed by atoms with Crippen LogP contribution >= 0.6 is 15.9 Å². The fourth-order valence-electron chi connectivity index (χ4n) is 2.81. The third-order valence-electron chi connectivity index (χ3n) is 4.18. The molecular formula is C15H22BrN3. The van der Waals surface area contributed by atoms with E-state index in [2.05, 4.69) is 44.1 Å². The highest BCUT2D eigenvalue weighted by Crippen LogP contribution is 2.31. The zero-order chi connectivity index (χ0) is 13.2. The molecule has 4 heteroatoms. The maximum absolute atomic E-state index is 4.61. The Labute approximate surface area is 123 Å². The van der Waals surface area contributed by atoms with Crippen molar-refractivity contribution in [1.82, 2.24) is 10.3 Å². The van der Waals surface area contributed by atoms with Gasteiger partial charge in [-0.2, -0.15) is 0 Å². The van der Waals surface area contributed by atoms with E-state index in [1.165, 1.54) is 37.7 Å². The maximum atomic E-state index is 4.61. The largest absolute Gasteiger partial charge is 0.351 e. The van der Waals surface area contributed by atoms with Crippen molar-refractivity contribution in [1.29, 1.82) is 0 Å². The van der Waals surface area contributed by atoms with Gasteiger partial charge >= 0.3 is 0 Å². The van der Waals surface area contributed by atoms with E-state index in [1.54, 1.807) is 0 Å². The van der Waals surface area contributed by atoms with Crippen LogP contribution in [0.3, 0.4) is 0 Å². The molecule has 0 radical (unpaired) electrons. The fraction of sp³-hybridized carbons (Fsp3) is 0.667.